The van der Waals surface area contributed by atoms with Gasteiger partial charge < -0.3 is 14.4 Å². The number of ether oxygens (including phenoxy) is 2. The van der Waals surface area contributed by atoms with Gasteiger partial charge in [0.25, 0.3) is 0 Å². The van der Waals surface area contributed by atoms with Gasteiger partial charge in [-0.15, -0.1) is 0 Å². The molecule has 0 bridgehead atoms. The molecule has 2 saturated heterocycles. The first-order valence-electron chi connectivity index (χ1n) is 9.60. The summed E-state index contributed by atoms with van der Waals surface area (Å²) in [5, 5.41) is 0. The van der Waals surface area contributed by atoms with Crippen LogP contribution in [0, 0.1) is 0 Å². The first kappa shape index (κ1) is 17.0. The zero-order chi connectivity index (χ0) is 17.1. The Morgan fingerprint density at radius 1 is 1.08 bits per heavy atom. The van der Waals surface area contributed by atoms with Gasteiger partial charge >= 0.3 is 0 Å². The van der Waals surface area contributed by atoms with E-state index >= 15 is 0 Å². The maximum Gasteiger partial charge on any atom is 0.224 e. The summed E-state index contributed by atoms with van der Waals surface area (Å²) in [6, 6.07) is 8.46. The molecule has 0 aliphatic carbocycles. The highest BCUT2D eigenvalue weighted by Gasteiger charge is 2.31. The fourth-order valence-electron chi connectivity index (χ4n) is 4.18. The van der Waals surface area contributed by atoms with Crippen molar-refractivity contribution in [1.82, 2.24) is 9.80 Å². The van der Waals surface area contributed by atoms with Crippen LogP contribution in [0.25, 0.3) is 0 Å². The fourth-order valence-corrected chi connectivity index (χ4v) is 4.18. The van der Waals surface area contributed by atoms with E-state index in [0.29, 0.717) is 6.42 Å². The van der Waals surface area contributed by atoms with E-state index in [1.807, 2.05) is 4.90 Å². The predicted octanol–water partition coefficient (Wildman–Crippen LogP) is 1.84. The minimum Gasteiger partial charge on any atom is -0.375 e. The van der Waals surface area contributed by atoms with Crippen LogP contribution >= 0.6 is 0 Å². The Morgan fingerprint density at radius 3 is 2.76 bits per heavy atom. The molecule has 2 atom stereocenters. The number of hydrogen-bond acceptors (Lipinski definition) is 4. The highest BCUT2D eigenvalue weighted by Crippen LogP contribution is 2.22. The van der Waals surface area contributed by atoms with Crippen LogP contribution < -0.4 is 0 Å². The third kappa shape index (κ3) is 4.05. The molecular weight excluding hydrogens is 316 g/mol. The number of carbonyl (C=O) groups is 1. The zero-order valence-corrected chi connectivity index (χ0v) is 14.9. The second-order valence-corrected chi connectivity index (χ2v) is 7.35. The van der Waals surface area contributed by atoms with Gasteiger partial charge in [-0.3, -0.25) is 9.69 Å². The largest absolute Gasteiger partial charge is 0.375 e. The zero-order valence-electron chi connectivity index (χ0n) is 14.9. The normalized spacial score (nSPS) is 27.3. The molecule has 136 valence electrons. The van der Waals surface area contributed by atoms with Crippen molar-refractivity contribution in [3.8, 4) is 0 Å². The van der Waals surface area contributed by atoms with E-state index in [9.17, 15) is 4.79 Å². The summed E-state index contributed by atoms with van der Waals surface area (Å²) in [6.07, 6.45) is 4.23. The average Bonchev–Trinajstić information content (AvgIpc) is 3.21. The molecule has 0 unspecified atom stereocenters. The van der Waals surface area contributed by atoms with Gasteiger partial charge in [0.2, 0.25) is 5.91 Å². The third-order valence-electron chi connectivity index (χ3n) is 5.68. The molecule has 4 rings (SSSR count). The molecule has 0 spiro atoms. The van der Waals surface area contributed by atoms with Gasteiger partial charge in [0.15, 0.2) is 0 Å². The van der Waals surface area contributed by atoms with Crippen LogP contribution in [-0.4, -0.2) is 67.3 Å². The molecule has 0 aromatic heterocycles. The Bertz CT molecular complexity index is 600. The standard InChI is InChI=1S/C20H28N2O3/c23-20(22-10-7-16-4-1-2-5-17(16)14-22)8-9-21-11-13-25-19(15-21)18-6-3-12-24-18/h1-2,4-5,18-19H,3,6-15H2/t18-,19-/m1/s1. The number of morpholine rings is 1. The van der Waals surface area contributed by atoms with E-state index in [-0.39, 0.29) is 18.1 Å². The maximum atomic E-state index is 12.6. The highest BCUT2D eigenvalue weighted by molar-refractivity contribution is 5.76. The highest BCUT2D eigenvalue weighted by atomic mass is 16.5. The molecule has 1 aromatic rings. The van der Waals surface area contributed by atoms with Gasteiger partial charge in [-0.1, -0.05) is 24.3 Å². The van der Waals surface area contributed by atoms with Crippen LogP contribution in [0.4, 0.5) is 0 Å². The molecule has 25 heavy (non-hydrogen) atoms. The van der Waals surface area contributed by atoms with Crippen LogP contribution in [-0.2, 0) is 27.2 Å². The summed E-state index contributed by atoms with van der Waals surface area (Å²) in [5.41, 5.74) is 2.69. The van der Waals surface area contributed by atoms with E-state index in [4.69, 9.17) is 9.47 Å². The van der Waals surface area contributed by atoms with Crippen LogP contribution in [0.3, 0.4) is 0 Å². The Labute approximate surface area is 149 Å². The van der Waals surface area contributed by atoms with Crippen molar-refractivity contribution in [2.24, 2.45) is 0 Å². The topological polar surface area (TPSA) is 42.0 Å². The summed E-state index contributed by atoms with van der Waals surface area (Å²) < 4.78 is 11.7. The number of carbonyl (C=O) groups excluding carboxylic acids is 1. The quantitative estimate of drug-likeness (QED) is 0.836. The lowest BCUT2D eigenvalue weighted by Gasteiger charge is -2.36. The third-order valence-corrected chi connectivity index (χ3v) is 5.68. The predicted molar refractivity (Wildman–Crippen MR) is 95.3 cm³/mol. The summed E-state index contributed by atoms with van der Waals surface area (Å²) in [6.45, 7) is 5.84. The molecule has 5 nitrogen and oxygen atoms in total. The lowest BCUT2D eigenvalue weighted by molar-refractivity contribution is -0.133. The number of hydrogen-bond donors (Lipinski definition) is 0. The first-order chi connectivity index (χ1) is 12.3. The summed E-state index contributed by atoms with van der Waals surface area (Å²) in [5.74, 6) is 0.273. The Hall–Kier alpha value is -1.43. The molecule has 0 radical (unpaired) electrons. The molecule has 0 N–H and O–H groups in total. The van der Waals surface area contributed by atoms with Crippen molar-refractivity contribution < 1.29 is 14.3 Å². The van der Waals surface area contributed by atoms with Gasteiger partial charge in [0.05, 0.1) is 18.8 Å². The molecular formula is C20H28N2O3. The maximum absolute atomic E-state index is 12.6. The van der Waals surface area contributed by atoms with Crippen LogP contribution in [0.2, 0.25) is 0 Å². The number of nitrogens with zero attached hydrogens (tertiary/aromatic N) is 2. The monoisotopic (exact) mass is 344 g/mol. The second kappa shape index (κ2) is 7.85. The average molecular weight is 344 g/mol. The lowest BCUT2D eigenvalue weighted by atomic mass is 10.00. The van der Waals surface area contributed by atoms with Crippen molar-refractivity contribution in [3.05, 3.63) is 35.4 Å². The summed E-state index contributed by atoms with van der Waals surface area (Å²) in [7, 11) is 0. The van der Waals surface area contributed by atoms with Crippen LogP contribution in [0.1, 0.15) is 30.4 Å². The van der Waals surface area contributed by atoms with Crippen molar-refractivity contribution >= 4 is 5.91 Å². The smallest absolute Gasteiger partial charge is 0.224 e. The molecule has 3 aliphatic heterocycles. The molecule has 2 fully saturated rings. The van der Waals surface area contributed by atoms with E-state index in [1.54, 1.807) is 0 Å². The molecule has 3 heterocycles. The van der Waals surface area contributed by atoms with Gasteiger partial charge in [-0.2, -0.15) is 0 Å². The minimum absolute atomic E-state index is 0.174. The van der Waals surface area contributed by atoms with Gasteiger partial charge in [0, 0.05) is 45.8 Å². The van der Waals surface area contributed by atoms with Crippen LogP contribution in [0.5, 0.6) is 0 Å². The van der Waals surface area contributed by atoms with E-state index < -0.39 is 0 Å². The van der Waals surface area contributed by atoms with Crippen molar-refractivity contribution in [1.29, 1.82) is 0 Å². The van der Waals surface area contributed by atoms with Crippen LogP contribution in [0.15, 0.2) is 24.3 Å². The Morgan fingerprint density at radius 2 is 1.92 bits per heavy atom. The summed E-state index contributed by atoms with van der Waals surface area (Å²) in [4.78, 5) is 17.0. The molecule has 0 saturated carbocycles. The minimum atomic E-state index is 0.174. The molecule has 3 aliphatic rings. The van der Waals surface area contributed by atoms with Crippen molar-refractivity contribution in [3.63, 3.8) is 0 Å². The van der Waals surface area contributed by atoms with E-state index in [1.165, 1.54) is 11.1 Å². The SMILES string of the molecule is O=C(CCN1CCO[C@@H]([C@H]2CCCO2)C1)N1CCc2ccccc2C1. The van der Waals surface area contributed by atoms with Crippen molar-refractivity contribution in [2.45, 2.75) is 44.4 Å². The van der Waals surface area contributed by atoms with Gasteiger partial charge in [0.1, 0.15) is 0 Å². The van der Waals surface area contributed by atoms with Gasteiger partial charge in [-0.25, -0.2) is 0 Å². The number of benzene rings is 1. The number of amides is 1. The molecule has 1 amide bonds. The molecule has 1 aromatic carbocycles. The number of rotatable bonds is 4. The molecule has 5 heteroatoms. The second-order valence-electron chi connectivity index (χ2n) is 7.35. The van der Waals surface area contributed by atoms with E-state index in [2.05, 4.69) is 29.2 Å². The number of fused-ring (bicyclic) bond motifs is 1. The van der Waals surface area contributed by atoms with Gasteiger partial charge in [-0.05, 0) is 30.4 Å². The van der Waals surface area contributed by atoms with Crippen molar-refractivity contribution in [2.75, 3.05) is 39.4 Å². The Balaban J connectivity index is 1.26. The van der Waals surface area contributed by atoms with E-state index in [0.717, 1.165) is 65.2 Å². The first-order valence-corrected chi connectivity index (χ1v) is 9.60. The lowest BCUT2D eigenvalue weighted by Crippen LogP contribution is -2.48. The fraction of sp³-hybridized carbons (Fsp3) is 0.650. The Kier molecular flexibility index (Phi) is 5.34. The summed E-state index contributed by atoms with van der Waals surface area (Å²) >= 11 is 0.